The SMILES string of the molecule is O=C1CC(c2n[nH]c(=O)n2CCc2ccc(F)cc2)CN1Cc1ccccc1. The Morgan fingerprint density at radius 1 is 1.04 bits per heavy atom. The predicted octanol–water partition coefficient (Wildman–Crippen LogP) is 2.47. The molecule has 1 amide bonds. The second-order valence-corrected chi connectivity index (χ2v) is 7.08. The number of carbonyl (C=O) groups is 1. The van der Waals surface area contributed by atoms with Crippen LogP contribution >= 0.6 is 0 Å². The number of halogens is 1. The van der Waals surface area contributed by atoms with E-state index in [0.717, 1.165) is 11.1 Å². The van der Waals surface area contributed by atoms with Gasteiger partial charge in [0.25, 0.3) is 0 Å². The highest BCUT2D eigenvalue weighted by Gasteiger charge is 2.34. The standard InChI is InChI=1S/C21H21FN4O2/c22-18-8-6-15(7-9-18)10-11-26-20(23-24-21(26)28)17-12-19(27)25(14-17)13-16-4-2-1-3-5-16/h1-9,17H,10-14H2,(H,24,28). The van der Waals surface area contributed by atoms with E-state index in [9.17, 15) is 14.0 Å². The molecule has 7 heteroatoms. The first-order valence-electron chi connectivity index (χ1n) is 9.31. The van der Waals surface area contributed by atoms with E-state index in [1.54, 1.807) is 16.7 Å². The molecule has 1 aliphatic rings. The van der Waals surface area contributed by atoms with Crippen LogP contribution in [0.1, 0.15) is 29.3 Å². The van der Waals surface area contributed by atoms with Crippen LogP contribution in [0.3, 0.4) is 0 Å². The summed E-state index contributed by atoms with van der Waals surface area (Å²) in [6, 6.07) is 16.1. The molecule has 1 fully saturated rings. The van der Waals surface area contributed by atoms with E-state index in [-0.39, 0.29) is 23.3 Å². The van der Waals surface area contributed by atoms with Crippen molar-refractivity contribution in [1.29, 1.82) is 0 Å². The molecule has 1 unspecified atom stereocenters. The van der Waals surface area contributed by atoms with Crippen LogP contribution in [-0.2, 0) is 24.3 Å². The van der Waals surface area contributed by atoms with E-state index in [4.69, 9.17) is 0 Å². The summed E-state index contributed by atoms with van der Waals surface area (Å²) < 4.78 is 14.6. The summed E-state index contributed by atoms with van der Waals surface area (Å²) in [6.07, 6.45) is 0.925. The zero-order chi connectivity index (χ0) is 19.5. The molecule has 0 aliphatic carbocycles. The van der Waals surface area contributed by atoms with Crippen molar-refractivity contribution in [2.75, 3.05) is 6.54 Å². The van der Waals surface area contributed by atoms with Gasteiger partial charge in [0.15, 0.2) is 0 Å². The largest absolute Gasteiger partial charge is 0.343 e. The average Bonchev–Trinajstić information content (AvgIpc) is 3.25. The Morgan fingerprint density at radius 3 is 2.54 bits per heavy atom. The van der Waals surface area contributed by atoms with Crippen molar-refractivity contribution in [2.45, 2.75) is 31.8 Å². The maximum Gasteiger partial charge on any atom is 0.343 e. The molecule has 0 spiro atoms. The van der Waals surface area contributed by atoms with Gasteiger partial charge >= 0.3 is 5.69 Å². The molecule has 0 bridgehead atoms. The lowest BCUT2D eigenvalue weighted by Crippen LogP contribution is -2.25. The van der Waals surface area contributed by atoms with Crippen LogP contribution in [0.4, 0.5) is 4.39 Å². The van der Waals surface area contributed by atoms with Gasteiger partial charge in [0.2, 0.25) is 5.91 Å². The predicted molar refractivity (Wildman–Crippen MR) is 102 cm³/mol. The van der Waals surface area contributed by atoms with E-state index in [1.807, 2.05) is 35.2 Å². The third kappa shape index (κ3) is 3.88. The van der Waals surface area contributed by atoms with E-state index < -0.39 is 0 Å². The topological polar surface area (TPSA) is 71.0 Å². The van der Waals surface area contributed by atoms with Gasteiger partial charge < -0.3 is 4.90 Å². The van der Waals surface area contributed by atoms with E-state index in [2.05, 4.69) is 10.2 Å². The van der Waals surface area contributed by atoms with Gasteiger partial charge in [0.05, 0.1) is 0 Å². The minimum absolute atomic E-state index is 0.0642. The first-order valence-corrected chi connectivity index (χ1v) is 9.31. The molecule has 28 heavy (non-hydrogen) atoms. The smallest absolute Gasteiger partial charge is 0.338 e. The molecule has 1 aliphatic heterocycles. The number of H-pyrrole nitrogens is 1. The van der Waals surface area contributed by atoms with Gasteiger partial charge in [-0.2, -0.15) is 5.10 Å². The minimum atomic E-state index is -0.286. The molecule has 0 radical (unpaired) electrons. The Labute approximate surface area is 161 Å². The van der Waals surface area contributed by atoms with Crippen molar-refractivity contribution in [2.24, 2.45) is 0 Å². The molecule has 144 valence electrons. The van der Waals surface area contributed by atoms with Gasteiger partial charge in [0, 0.05) is 32.0 Å². The number of aromatic nitrogens is 3. The fraction of sp³-hybridized carbons (Fsp3) is 0.286. The quantitative estimate of drug-likeness (QED) is 0.714. The van der Waals surface area contributed by atoms with Gasteiger partial charge in [-0.3, -0.25) is 9.36 Å². The Morgan fingerprint density at radius 2 is 1.79 bits per heavy atom. The number of benzene rings is 2. The number of aryl methyl sites for hydroxylation is 1. The molecule has 0 saturated carbocycles. The maximum atomic E-state index is 13.1. The number of nitrogens with zero attached hydrogens (tertiary/aromatic N) is 3. The average molecular weight is 380 g/mol. The first-order chi connectivity index (χ1) is 13.6. The lowest BCUT2D eigenvalue weighted by molar-refractivity contribution is -0.128. The van der Waals surface area contributed by atoms with Crippen LogP contribution in [0.5, 0.6) is 0 Å². The third-order valence-electron chi connectivity index (χ3n) is 5.12. The highest BCUT2D eigenvalue weighted by Crippen LogP contribution is 2.27. The fourth-order valence-corrected chi connectivity index (χ4v) is 3.65. The summed E-state index contributed by atoms with van der Waals surface area (Å²) in [6.45, 7) is 1.52. The van der Waals surface area contributed by atoms with E-state index in [0.29, 0.717) is 38.3 Å². The van der Waals surface area contributed by atoms with Gasteiger partial charge in [-0.05, 0) is 29.7 Å². The molecular weight excluding hydrogens is 359 g/mol. The van der Waals surface area contributed by atoms with Crippen molar-refractivity contribution < 1.29 is 9.18 Å². The zero-order valence-corrected chi connectivity index (χ0v) is 15.3. The maximum absolute atomic E-state index is 13.1. The molecule has 2 aromatic carbocycles. The number of carbonyl (C=O) groups excluding carboxylic acids is 1. The molecule has 4 rings (SSSR count). The number of aromatic amines is 1. The first kappa shape index (κ1) is 18.2. The summed E-state index contributed by atoms with van der Waals surface area (Å²) in [4.78, 5) is 26.5. The molecule has 1 aromatic heterocycles. The van der Waals surface area contributed by atoms with Crippen LogP contribution < -0.4 is 5.69 Å². The van der Waals surface area contributed by atoms with Crippen molar-refractivity contribution in [1.82, 2.24) is 19.7 Å². The van der Waals surface area contributed by atoms with Gasteiger partial charge in [-0.15, -0.1) is 0 Å². The monoisotopic (exact) mass is 380 g/mol. The third-order valence-corrected chi connectivity index (χ3v) is 5.12. The van der Waals surface area contributed by atoms with Crippen LogP contribution in [0, 0.1) is 5.82 Å². The van der Waals surface area contributed by atoms with Crippen LogP contribution in [-0.4, -0.2) is 32.1 Å². The molecule has 2 heterocycles. The molecule has 1 atom stereocenters. The lowest BCUT2D eigenvalue weighted by atomic mass is 10.1. The number of rotatable bonds is 6. The lowest BCUT2D eigenvalue weighted by Gasteiger charge is -2.16. The number of nitrogens with one attached hydrogen (secondary N) is 1. The normalized spacial score (nSPS) is 16.7. The second-order valence-electron chi connectivity index (χ2n) is 7.08. The van der Waals surface area contributed by atoms with Gasteiger partial charge in [0.1, 0.15) is 11.6 Å². The summed E-state index contributed by atoms with van der Waals surface area (Å²) in [5.41, 5.74) is 1.73. The van der Waals surface area contributed by atoms with Gasteiger partial charge in [-0.1, -0.05) is 42.5 Å². The molecule has 3 aromatic rings. The highest BCUT2D eigenvalue weighted by molar-refractivity contribution is 5.79. The van der Waals surface area contributed by atoms with E-state index in [1.165, 1.54) is 12.1 Å². The summed E-state index contributed by atoms with van der Waals surface area (Å²) >= 11 is 0. The van der Waals surface area contributed by atoms with E-state index >= 15 is 0 Å². The van der Waals surface area contributed by atoms with Crippen molar-refractivity contribution in [3.63, 3.8) is 0 Å². The Hall–Kier alpha value is -3.22. The van der Waals surface area contributed by atoms with Crippen LogP contribution in [0.25, 0.3) is 0 Å². The molecule has 1 N–H and O–H groups in total. The Kier molecular flexibility index (Phi) is 5.06. The Bertz CT molecular complexity index is 1010. The van der Waals surface area contributed by atoms with Crippen LogP contribution in [0.2, 0.25) is 0 Å². The highest BCUT2D eigenvalue weighted by atomic mass is 19.1. The summed E-state index contributed by atoms with van der Waals surface area (Å²) in [7, 11) is 0. The number of hydrogen-bond donors (Lipinski definition) is 1. The van der Waals surface area contributed by atoms with Crippen molar-refractivity contribution >= 4 is 5.91 Å². The molecule has 1 saturated heterocycles. The second kappa shape index (κ2) is 7.80. The minimum Gasteiger partial charge on any atom is -0.338 e. The number of amides is 1. The molecular formula is C21H21FN4O2. The number of likely N-dealkylation sites (tertiary alicyclic amines) is 1. The van der Waals surface area contributed by atoms with Gasteiger partial charge in [-0.25, -0.2) is 14.3 Å². The molecule has 6 nitrogen and oxygen atoms in total. The fourth-order valence-electron chi connectivity index (χ4n) is 3.65. The zero-order valence-electron chi connectivity index (χ0n) is 15.3. The summed E-state index contributed by atoms with van der Waals surface area (Å²) in [5, 5.41) is 6.69. The van der Waals surface area contributed by atoms with Crippen molar-refractivity contribution in [3.05, 3.63) is 87.9 Å². The van der Waals surface area contributed by atoms with Crippen LogP contribution in [0.15, 0.2) is 59.4 Å². The number of hydrogen-bond acceptors (Lipinski definition) is 3. The van der Waals surface area contributed by atoms with Crippen molar-refractivity contribution in [3.8, 4) is 0 Å². The Balaban J connectivity index is 1.47. The summed E-state index contributed by atoms with van der Waals surface area (Å²) in [5.74, 6) is 0.265.